The molecule has 0 amide bonds. The summed E-state index contributed by atoms with van der Waals surface area (Å²) in [6.07, 6.45) is 8.19. The highest BCUT2D eigenvalue weighted by Crippen LogP contribution is 2.35. The highest BCUT2D eigenvalue weighted by atomic mass is 35.5. The van der Waals surface area contributed by atoms with Gasteiger partial charge in [-0.1, -0.05) is 23.4 Å². The van der Waals surface area contributed by atoms with Crippen LogP contribution in [0.15, 0.2) is 65.2 Å². The molecule has 9 nitrogen and oxygen atoms in total. The van der Waals surface area contributed by atoms with Crippen LogP contribution in [0.25, 0.3) is 10.9 Å². The fourth-order valence-corrected chi connectivity index (χ4v) is 6.22. The lowest BCUT2D eigenvalue weighted by Gasteiger charge is -2.33. The molecule has 2 aromatic carbocycles. The van der Waals surface area contributed by atoms with E-state index in [1.807, 2.05) is 48.1 Å². The molecule has 1 aliphatic heterocycles. The molecule has 1 aliphatic rings. The number of ether oxygens (including phenoxy) is 1. The van der Waals surface area contributed by atoms with Crippen molar-refractivity contribution in [2.45, 2.75) is 35.5 Å². The molecular formula is C24H25ClN6O3S2. The zero-order valence-electron chi connectivity index (χ0n) is 19.8. The lowest BCUT2D eigenvalue weighted by Crippen LogP contribution is -2.46. The molecule has 0 radical (unpaired) electrons. The first-order chi connectivity index (χ1) is 17.3. The first kappa shape index (κ1) is 24.8. The van der Waals surface area contributed by atoms with Crippen LogP contribution >= 0.6 is 23.4 Å². The third-order valence-electron chi connectivity index (χ3n) is 5.88. The molecule has 4 aromatic rings. The van der Waals surface area contributed by atoms with Crippen molar-refractivity contribution >= 4 is 55.8 Å². The van der Waals surface area contributed by atoms with Gasteiger partial charge >= 0.3 is 0 Å². The van der Waals surface area contributed by atoms with Crippen molar-refractivity contribution < 1.29 is 13.2 Å². The summed E-state index contributed by atoms with van der Waals surface area (Å²) < 4.78 is 33.9. The van der Waals surface area contributed by atoms with Crippen molar-refractivity contribution in [1.82, 2.24) is 23.8 Å². The van der Waals surface area contributed by atoms with Crippen LogP contribution in [0, 0.1) is 0 Å². The summed E-state index contributed by atoms with van der Waals surface area (Å²) in [6, 6.07) is 11.2. The summed E-state index contributed by atoms with van der Waals surface area (Å²) in [5, 5.41) is 5.51. The number of sulfonamides is 1. The van der Waals surface area contributed by atoms with Crippen molar-refractivity contribution in [3.63, 3.8) is 0 Å². The number of hydrogen-bond acceptors (Lipinski definition) is 8. The Labute approximate surface area is 218 Å². The third kappa shape index (κ3) is 5.44. The maximum absolute atomic E-state index is 12.2. The molecule has 0 aliphatic carbocycles. The van der Waals surface area contributed by atoms with Crippen molar-refractivity contribution in [2.24, 2.45) is 7.05 Å². The number of rotatable bonds is 7. The number of benzene rings is 2. The second-order valence-corrected chi connectivity index (χ2v) is 11.9. The molecule has 0 spiro atoms. The molecule has 1 fully saturated rings. The SMILES string of the molecule is Cn1ccnc1Sc1ccc(Nc2ncnc3ccc(OC4CCCCN4S(C)(=O)=O)cc23)cc1Cl. The van der Waals surface area contributed by atoms with Crippen molar-refractivity contribution in [1.29, 1.82) is 0 Å². The van der Waals surface area contributed by atoms with E-state index in [1.165, 1.54) is 28.7 Å². The number of nitrogens with one attached hydrogen (secondary N) is 1. The second kappa shape index (κ2) is 10.3. The van der Waals surface area contributed by atoms with E-state index in [0.29, 0.717) is 29.6 Å². The summed E-state index contributed by atoms with van der Waals surface area (Å²) in [5.41, 5.74) is 1.50. The van der Waals surface area contributed by atoms with E-state index in [4.69, 9.17) is 16.3 Å². The molecular weight excluding hydrogens is 520 g/mol. The first-order valence-electron chi connectivity index (χ1n) is 11.4. The summed E-state index contributed by atoms with van der Waals surface area (Å²) in [4.78, 5) is 14.0. The van der Waals surface area contributed by atoms with Gasteiger partial charge in [-0.15, -0.1) is 0 Å². The van der Waals surface area contributed by atoms with Gasteiger partial charge < -0.3 is 14.6 Å². The zero-order valence-corrected chi connectivity index (χ0v) is 22.1. The molecule has 0 bridgehead atoms. The molecule has 36 heavy (non-hydrogen) atoms. The maximum atomic E-state index is 12.2. The first-order valence-corrected chi connectivity index (χ1v) is 14.4. The van der Waals surface area contributed by atoms with Gasteiger partial charge in [-0.05, 0) is 55.7 Å². The second-order valence-electron chi connectivity index (χ2n) is 8.54. The van der Waals surface area contributed by atoms with Crippen LogP contribution in [0.1, 0.15) is 19.3 Å². The van der Waals surface area contributed by atoms with Crippen LogP contribution < -0.4 is 10.1 Å². The Morgan fingerprint density at radius 1 is 1.14 bits per heavy atom. The molecule has 2 aromatic heterocycles. The fraction of sp³-hybridized carbons (Fsp3) is 0.292. The number of aromatic nitrogens is 4. The van der Waals surface area contributed by atoms with Crippen molar-refractivity contribution in [3.05, 3.63) is 60.1 Å². The monoisotopic (exact) mass is 544 g/mol. The molecule has 0 saturated carbocycles. The van der Waals surface area contributed by atoms with Gasteiger partial charge in [-0.2, -0.15) is 4.31 Å². The Kier molecular flexibility index (Phi) is 7.07. The quantitative estimate of drug-likeness (QED) is 0.344. The minimum Gasteiger partial charge on any atom is -0.474 e. The predicted octanol–water partition coefficient (Wildman–Crippen LogP) is 5.06. The molecule has 1 N–H and O–H groups in total. The molecule has 1 atom stereocenters. The van der Waals surface area contributed by atoms with Crippen LogP contribution in [0.3, 0.4) is 0 Å². The summed E-state index contributed by atoms with van der Waals surface area (Å²) >= 11 is 8.05. The van der Waals surface area contributed by atoms with E-state index in [0.717, 1.165) is 39.5 Å². The standard InChI is InChI=1S/C24H25ClN6O3S2/c1-30-12-10-26-24(30)35-21-9-6-16(13-19(21)25)29-23-18-14-17(7-8-20(18)27-15-28-23)34-22-5-3-4-11-31(22)36(2,32)33/h6-10,12-15,22H,3-5,11H2,1-2H3,(H,27,28,29). The highest BCUT2D eigenvalue weighted by molar-refractivity contribution is 7.99. The molecule has 3 heterocycles. The van der Waals surface area contributed by atoms with Gasteiger partial charge in [0.15, 0.2) is 11.4 Å². The van der Waals surface area contributed by atoms with Gasteiger partial charge in [0.2, 0.25) is 10.0 Å². The third-order valence-corrected chi connectivity index (χ3v) is 8.72. The van der Waals surface area contributed by atoms with Gasteiger partial charge in [-0.3, -0.25) is 0 Å². The summed E-state index contributed by atoms with van der Waals surface area (Å²) in [7, 11) is -1.43. The number of piperidine rings is 1. The van der Waals surface area contributed by atoms with Crippen LogP contribution in [0.2, 0.25) is 5.02 Å². The molecule has 5 rings (SSSR count). The number of fused-ring (bicyclic) bond motifs is 1. The smallest absolute Gasteiger partial charge is 0.214 e. The number of hydrogen-bond donors (Lipinski definition) is 1. The Morgan fingerprint density at radius 2 is 2.00 bits per heavy atom. The van der Waals surface area contributed by atoms with E-state index in [9.17, 15) is 8.42 Å². The molecule has 188 valence electrons. The largest absolute Gasteiger partial charge is 0.474 e. The number of imidazole rings is 1. The van der Waals surface area contributed by atoms with E-state index in [2.05, 4.69) is 20.3 Å². The highest BCUT2D eigenvalue weighted by Gasteiger charge is 2.31. The lowest BCUT2D eigenvalue weighted by molar-refractivity contribution is 0.0564. The predicted molar refractivity (Wildman–Crippen MR) is 141 cm³/mol. The van der Waals surface area contributed by atoms with Gasteiger partial charge in [0.25, 0.3) is 0 Å². The number of anilines is 2. The van der Waals surface area contributed by atoms with Gasteiger partial charge in [0.1, 0.15) is 17.9 Å². The minimum atomic E-state index is -3.36. The average molecular weight is 545 g/mol. The summed E-state index contributed by atoms with van der Waals surface area (Å²) in [5.74, 6) is 1.15. The van der Waals surface area contributed by atoms with Crippen molar-refractivity contribution in [3.8, 4) is 5.75 Å². The fourth-order valence-electron chi connectivity index (χ4n) is 4.08. The van der Waals surface area contributed by atoms with E-state index < -0.39 is 16.3 Å². The van der Waals surface area contributed by atoms with Crippen molar-refractivity contribution in [2.75, 3.05) is 18.1 Å². The van der Waals surface area contributed by atoms with Crippen LogP contribution in [0.4, 0.5) is 11.5 Å². The summed E-state index contributed by atoms with van der Waals surface area (Å²) in [6.45, 7) is 0.461. The zero-order chi connectivity index (χ0) is 25.3. The Hall–Kier alpha value is -2.86. The lowest BCUT2D eigenvalue weighted by atomic mass is 10.1. The van der Waals surface area contributed by atoms with Gasteiger partial charge in [0, 0.05) is 42.0 Å². The Bertz CT molecular complexity index is 1510. The van der Waals surface area contributed by atoms with E-state index in [1.54, 1.807) is 12.3 Å². The van der Waals surface area contributed by atoms with Crippen LogP contribution in [-0.2, 0) is 17.1 Å². The Morgan fingerprint density at radius 3 is 2.75 bits per heavy atom. The number of nitrogens with zero attached hydrogens (tertiary/aromatic N) is 5. The molecule has 1 saturated heterocycles. The number of halogens is 1. The average Bonchev–Trinajstić information content (AvgIpc) is 3.25. The Balaban J connectivity index is 1.39. The minimum absolute atomic E-state index is 0.461. The van der Waals surface area contributed by atoms with E-state index in [-0.39, 0.29) is 0 Å². The number of aryl methyl sites for hydroxylation is 1. The molecule has 1 unspecified atom stereocenters. The van der Waals surface area contributed by atoms with Gasteiger partial charge in [-0.25, -0.2) is 23.4 Å². The van der Waals surface area contributed by atoms with Crippen LogP contribution in [0.5, 0.6) is 5.75 Å². The molecule has 12 heteroatoms. The van der Waals surface area contributed by atoms with Gasteiger partial charge in [0.05, 0.1) is 16.8 Å². The normalized spacial score (nSPS) is 16.8. The van der Waals surface area contributed by atoms with E-state index >= 15 is 0 Å². The maximum Gasteiger partial charge on any atom is 0.214 e. The topological polar surface area (TPSA) is 102 Å². The van der Waals surface area contributed by atoms with Crippen LogP contribution in [-0.4, -0.2) is 51.3 Å².